The Labute approximate surface area is 103 Å². The van der Waals surface area contributed by atoms with Crippen molar-refractivity contribution in [3.05, 3.63) is 28.8 Å². The second-order valence-electron chi connectivity index (χ2n) is 4.21. The molecular weight excluding hydrogens is 251 g/mol. The third kappa shape index (κ3) is 2.86. The number of hydrogen-bond acceptors (Lipinski definition) is 1. The molecule has 0 aromatic heterocycles. The van der Waals surface area contributed by atoms with Crippen LogP contribution >= 0.6 is 11.6 Å². The number of benzene rings is 1. The molecule has 0 N–H and O–H groups in total. The molecule has 0 atom stereocenters. The molecule has 1 aromatic carbocycles. The number of rotatable bonds is 1. The Morgan fingerprint density at radius 1 is 1.06 bits per heavy atom. The molecule has 5 heteroatoms. The molecule has 1 aliphatic rings. The van der Waals surface area contributed by atoms with Crippen LogP contribution in [0.4, 0.5) is 18.9 Å². The summed E-state index contributed by atoms with van der Waals surface area (Å²) in [4.78, 5) is 1.79. The Hall–Kier alpha value is -0.900. The van der Waals surface area contributed by atoms with Crippen LogP contribution in [-0.2, 0) is 6.18 Å². The molecule has 1 fully saturated rings. The molecule has 1 aliphatic heterocycles. The van der Waals surface area contributed by atoms with E-state index in [4.69, 9.17) is 11.6 Å². The van der Waals surface area contributed by atoms with E-state index < -0.39 is 11.7 Å². The lowest BCUT2D eigenvalue weighted by Gasteiger charge is -2.31. The highest BCUT2D eigenvalue weighted by molar-refractivity contribution is 6.30. The molecule has 0 spiro atoms. The first kappa shape index (κ1) is 12.6. The Bertz CT molecular complexity index is 397. The summed E-state index contributed by atoms with van der Waals surface area (Å²) < 4.78 is 38.7. The Morgan fingerprint density at radius 3 is 2.29 bits per heavy atom. The van der Waals surface area contributed by atoms with Gasteiger partial charge in [0, 0.05) is 23.8 Å². The van der Waals surface area contributed by atoms with Gasteiger partial charge in [-0.2, -0.15) is 13.2 Å². The van der Waals surface area contributed by atoms with E-state index in [1.165, 1.54) is 12.1 Å². The van der Waals surface area contributed by atoms with Crippen LogP contribution in [0.3, 0.4) is 0 Å². The highest BCUT2D eigenvalue weighted by Crippen LogP contribution is 2.38. The van der Waals surface area contributed by atoms with Gasteiger partial charge in [0.25, 0.3) is 0 Å². The van der Waals surface area contributed by atoms with Crippen molar-refractivity contribution < 1.29 is 13.2 Å². The van der Waals surface area contributed by atoms with Crippen LogP contribution in [0.25, 0.3) is 0 Å². The number of piperidine rings is 1. The van der Waals surface area contributed by atoms with Crippen LogP contribution in [0, 0.1) is 0 Å². The van der Waals surface area contributed by atoms with Crippen molar-refractivity contribution in [1.29, 1.82) is 0 Å². The summed E-state index contributed by atoms with van der Waals surface area (Å²) in [7, 11) is 0. The van der Waals surface area contributed by atoms with Gasteiger partial charge >= 0.3 is 6.18 Å². The van der Waals surface area contributed by atoms with Gasteiger partial charge in [0.05, 0.1) is 5.56 Å². The summed E-state index contributed by atoms with van der Waals surface area (Å²) in [6.07, 6.45) is -1.37. The first-order valence-corrected chi connectivity index (χ1v) is 5.98. The van der Waals surface area contributed by atoms with Gasteiger partial charge in [-0.1, -0.05) is 11.6 Å². The fraction of sp³-hybridized carbons (Fsp3) is 0.500. The normalized spacial score (nSPS) is 17.3. The minimum Gasteiger partial charge on any atom is -0.371 e. The largest absolute Gasteiger partial charge is 0.418 e. The molecule has 0 amide bonds. The van der Waals surface area contributed by atoms with Gasteiger partial charge in [0.1, 0.15) is 0 Å². The average Bonchev–Trinajstić information content (AvgIpc) is 2.29. The van der Waals surface area contributed by atoms with Crippen LogP contribution in [-0.4, -0.2) is 13.1 Å². The Kier molecular flexibility index (Phi) is 3.52. The average molecular weight is 264 g/mol. The number of halogens is 4. The van der Waals surface area contributed by atoms with Crippen molar-refractivity contribution in [3.63, 3.8) is 0 Å². The quantitative estimate of drug-likeness (QED) is 0.728. The predicted octanol–water partition coefficient (Wildman–Crippen LogP) is 4.35. The standard InChI is InChI=1S/C12H13ClF3N/c13-9-4-5-11(10(8-9)12(14,15)16)17-6-2-1-3-7-17/h4-5,8H,1-3,6-7H2. The molecular formula is C12H13ClF3N. The molecule has 17 heavy (non-hydrogen) atoms. The van der Waals surface area contributed by atoms with Crippen LogP contribution in [0.5, 0.6) is 0 Å². The van der Waals surface area contributed by atoms with E-state index in [1.807, 2.05) is 0 Å². The van der Waals surface area contributed by atoms with Gasteiger partial charge in [-0.15, -0.1) is 0 Å². The SMILES string of the molecule is FC(F)(F)c1cc(Cl)ccc1N1CCCCC1. The molecule has 2 rings (SSSR count). The van der Waals surface area contributed by atoms with E-state index in [-0.39, 0.29) is 10.7 Å². The third-order valence-corrected chi connectivity index (χ3v) is 3.20. The number of hydrogen-bond donors (Lipinski definition) is 0. The van der Waals surface area contributed by atoms with Crippen molar-refractivity contribution in [2.24, 2.45) is 0 Å². The zero-order chi connectivity index (χ0) is 12.5. The number of nitrogens with zero attached hydrogens (tertiary/aromatic N) is 1. The molecule has 0 unspecified atom stereocenters. The lowest BCUT2D eigenvalue weighted by Crippen LogP contribution is -2.31. The third-order valence-electron chi connectivity index (χ3n) is 2.96. The molecule has 0 radical (unpaired) electrons. The summed E-state index contributed by atoms with van der Waals surface area (Å²) in [5.41, 5.74) is -0.381. The van der Waals surface area contributed by atoms with Crippen molar-refractivity contribution >= 4 is 17.3 Å². The van der Waals surface area contributed by atoms with Crippen LogP contribution in [0.1, 0.15) is 24.8 Å². The minimum absolute atomic E-state index is 0.123. The van der Waals surface area contributed by atoms with E-state index in [9.17, 15) is 13.2 Å². The molecule has 0 bridgehead atoms. The monoisotopic (exact) mass is 263 g/mol. The van der Waals surface area contributed by atoms with Crippen molar-refractivity contribution in [2.75, 3.05) is 18.0 Å². The molecule has 1 nitrogen and oxygen atoms in total. The second kappa shape index (κ2) is 4.77. The van der Waals surface area contributed by atoms with Gasteiger partial charge < -0.3 is 4.90 Å². The minimum atomic E-state index is -4.35. The van der Waals surface area contributed by atoms with E-state index in [0.29, 0.717) is 13.1 Å². The summed E-state index contributed by atoms with van der Waals surface area (Å²) in [5, 5.41) is 0.123. The van der Waals surface area contributed by atoms with Crippen LogP contribution in [0.15, 0.2) is 18.2 Å². The Morgan fingerprint density at radius 2 is 1.71 bits per heavy atom. The van der Waals surface area contributed by atoms with E-state index >= 15 is 0 Å². The molecule has 1 aromatic rings. The maximum Gasteiger partial charge on any atom is 0.418 e. The highest BCUT2D eigenvalue weighted by atomic mass is 35.5. The maximum atomic E-state index is 12.9. The smallest absolute Gasteiger partial charge is 0.371 e. The van der Waals surface area contributed by atoms with Crippen molar-refractivity contribution in [2.45, 2.75) is 25.4 Å². The fourth-order valence-corrected chi connectivity index (χ4v) is 2.32. The topological polar surface area (TPSA) is 3.24 Å². The van der Waals surface area contributed by atoms with E-state index in [1.54, 1.807) is 4.90 Å². The molecule has 1 heterocycles. The first-order valence-electron chi connectivity index (χ1n) is 5.60. The highest BCUT2D eigenvalue weighted by Gasteiger charge is 2.35. The maximum absolute atomic E-state index is 12.9. The van der Waals surface area contributed by atoms with Crippen LogP contribution in [0.2, 0.25) is 5.02 Å². The molecule has 0 aliphatic carbocycles. The van der Waals surface area contributed by atoms with Crippen molar-refractivity contribution in [3.8, 4) is 0 Å². The molecule has 0 saturated carbocycles. The lowest BCUT2D eigenvalue weighted by molar-refractivity contribution is -0.137. The predicted molar refractivity (Wildman–Crippen MR) is 62.5 cm³/mol. The van der Waals surface area contributed by atoms with E-state index in [2.05, 4.69) is 0 Å². The van der Waals surface area contributed by atoms with Gasteiger partial charge in [0.15, 0.2) is 0 Å². The van der Waals surface area contributed by atoms with E-state index in [0.717, 1.165) is 25.3 Å². The van der Waals surface area contributed by atoms with Gasteiger partial charge in [-0.3, -0.25) is 0 Å². The number of alkyl halides is 3. The Balaban J connectivity index is 2.38. The summed E-state index contributed by atoms with van der Waals surface area (Å²) >= 11 is 5.64. The fourth-order valence-electron chi connectivity index (χ4n) is 2.15. The van der Waals surface area contributed by atoms with Gasteiger partial charge in [-0.05, 0) is 37.5 Å². The summed E-state index contributed by atoms with van der Waals surface area (Å²) in [6, 6.07) is 3.99. The zero-order valence-corrected chi connectivity index (χ0v) is 9.98. The molecule has 1 saturated heterocycles. The molecule has 94 valence electrons. The zero-order valence-electron chi connectivity index (χ0n) is 9.23. The van der Waals surface area contributed by atoms with Crippen molar-refractivity contribution in [1.82, 2.24) is 0 Å². The summed E-state index contributed by atoms with van der Waals surface area (Å²) in [5.74, 6) is 0. The van der Waals surface area contributed by atoms with Gasteiger partial charge in [-0.25, -0.2) is 0 Å². The lowest BCUT2D eigenvalue weighted by atomic mass is 10.1. The first-order chi connectivity index (χ1) is 7.98. The number of anilines is 1. The van der Waals surface area contributed by atoms with Gasteiger partial charge in [0.2, 0.25) is 0 Å². The second-order valence-corrected chi connectivity index (χ2v) is 4.64. The van der Waals surface area contributed by atoms with Crippen LogP contribution < -0.4 is 4.90 Å². The summed E-state index contributed by atoms with van der Waals surface area (Å²) in [6.45, 7) is 1.37.